The summed E-state index contributed by atoms with van der Waals surface area (Å²) in [5, 5.41) is 10.2. The number of thioether (sulfide) groups is 1. The molecule has 0 aliphatic carbocycles. The molecule has 7 heteroatoms. The number of nitrogens with zero attached hydrogens (tertiary/aromatic N) is 4. The van der Waals surface area contributed by atoms with Crippen molar-refractivity contribution in [3.8, 4) is 11.8 Å². The van der Waals surface area contributed by atoms with E-state index in [4.69, 9.17) is 10.2 Å². The molecule has 3 aromatic carbocycles. The lowest BCUT2D eigenvalue weighted by Gasteiger charge is -2.14. The summed E-state index contributed by atoms with van der Waals surface area (Å²) >= 11 is 1.45. The zero-order valence-electron chi connectivity index (χ0n) is 17.6. The van der Waals surface area contributed by atoms with E-state index in [1.807, 2.05) is 30.3 Å². The Balaban J connectivity index is 1.70. The van der Waals surface area contributed by atoms with Crippen LogP contribution in [0.25, 0.3) is 16.6 Å². The van der Waals surface area contributed by atoms with E-state index in [9.17, 15) is 9.59 Å². The maximum atomic E-state index is 13.3. The Morgan fingerprint density at radius 3 is 2.38 bits per heavy atom. The second-order valence-electron chi connectivity index (χ2n) is 7.40. The van der Waals surface area contributed by atoms with Crippen LogP contribution in [0.4, 0.5) is 0 Å². The number of para-hydroxylation sites is 1. The Kier molecular flexibility index (Phi) is 6.06. The van der Waals surface area contributed by atoms with E-state index in [2.05, 4.69) is 6.07 Å². The van der Waals surface area contributed by atoms with Crippen molar-refractivity contribution in [3.05, 3.63) is 99.8 Å². The van der Waals surface area contributed by atoms with E-state index in [-0.39, 0.29) is 11.5 Å². The summed E-state index contributed by atoms with van der Waals surface area (Å²) in [5.41, 5.74) is 3.30. The van der Waals surface area contributed by atoms with E-state index in [1.165, 1.54) is 11.8 Å². The van der Waals surface area contributed by atoms with Crippen LogP contribution in [0.1, 0.15) is 21.5 Å². The maximum Gasteiger partial charge on any atom is 0.266 e. The SMILES string of the molecule is CN(C)C(=O)c1ccc(CSc2nc3ccccc3c(=O)n2-c2ccc(C#N)cc2)cc1. The molecule has 1 amide bonds. The van der Waals surface area contributed by atoms with Gasteiger partial charge in [0.05, 0.1) is 28.2 Å². The van der Waals surface area contributed by atoms with Gasteiger partial charge >= 0.3 is 0 Å². The molecule has 4 aromatic rings. The van der Waals surface area contributed by atoms with Crippen LogP contribution in [-0.2, 0) is 5.75 Å². The van der Waals surface area contributed by atoms with Crippen LogP contribution in [-0.4, -0.2) is 34.5 Å². The highest BCUT2D eigenvalue weighted by Crippen LogP contribution is 2.25. The summed E-state index contributed by atoms with van der Waals surface area (Å²) in [7, 11) is 3.44. The van der Waals surface area contributed by atoms with Crippen LogP contribution in [0, 0.1) is 11.3 Å². The standard InChI is InChI=1S/C25H20N4O2S/c1-28(2)23(30)19-11-7-18(8-12-19)16-32-25-27-22-6-4-3-5-21(22)24(31)29(25)20-13-9-17(15-26)10-14-20/h3-14H,16H2,1-2H3. The second-order valence-corrected chi connectivity index (χ2v) is 8.34. The van der Waals surface area contributed by atoms with Crippen LogP contribution in [0.15, 0.2) is 82.7 Å². The molecule has 1 aromatic heterocycles. The van der Waals surface area contributed by atoms with Crippen molar-refractivity contribution in [1.29, 1.82) is 5.26 Å². The van der Waals surface area contributed by atoms with Crippen molar-refractivity contribution in [2.75, 3.05) is 14.1 Å². The Bertz CT molecular complexity index is 1390. The molecule has 158 valence electrons. The Morgan fingerprint density at radius 1 is 1.03 bits per heavy atom. The zero-order valence-corrected chi connectivity index (χ0v) is 18.5. The molecular weight excluding hydrogens is 420 g/mol. The minimum atomic E-state index is -0.158. The molecule has 0 bridgehead atoms. The van der Waals surface area contributed by atoms with Gasteiger partial charge in [0, 0.05) is 25.4 Å². The van der Waals surface area contributed by atoms with Crippen molar-refractivity contribution in [1.82, 2.24) is 14.5 Å². The van der Waals surface area contributed by atoms with Gasteiger partial charge in [-0.15, -0.1) is 0 Å². The first kappa shape index (κ1) is 21.3. The third-order valence-electron chi connectivity index (χ3n) is 4.97. The monoisotopic (exact) mass is 440 g/mol. The highest BCUT2D eigenvalue weighted by atomic mass is 32.2. The number of nitriles is 1. The molecule has 0 aliphatic heterocycles. The molecule has 0 fully saturated rings. The average Bonchev–Trinajstić information content (AvgIpc) is 2.83. The van der Waals surface area contributed by atoms with Gasteiger partial charge in [-0.3, -0.25) is 14.2 Å². The lowest BCUT2D eigenvalue weighted by molar-refractivity contribution is 0.0827. The molecule has 0 saturated carbocycles. The highest BCUT2D eigenvalue weighted by molar-refractivity contribution is 7.98. The van der Waals surface area contributed by atoms with Crippen molar-refractivity contribution in [3.63, 3.8) is 0 Å². The molecule has 0 unspecified atom stereocenters. The first-order chi connectivity index (χ1) is 15.5. The predicted octanol–water partition coefficient (Wildman–Crippen LogP) is 4.25. The number of carbonyl (C=O) groups is 1. The molecule has 0 atom stereocenters. The number of hydrogen-bond donors (Lipinski definition) is 0. The fraction of sp³-hybridized carbons (Fsp3) is 0.120. The molecular formula is C25H20N4O2S. The number of aromatic nitrogens is 2. The molecule has 0 aliphatic rings. The number of benzene rings is 3. The normalized spacial score (nSPS) is 10.7. The van der Waals surface area contributed by atoms with Crippen LogP contribution >= 0.6 is 11.8 Å². The third kappa shape index (κ3) is 4.27. The fourth-order valence-electron chi connectivity index (χ4n) is 3.27. The molecule has 6 nitrogen and oxygen atoms in total. The molecule has 0 spiro atoms. The Labute approximate surface area is 189 Å². The lowest BCUT2D eigenvalue weighted by atomic mass is 10.1. The first-order valence-corrected chi connectivity index (χ1v) is 10.9. The van der Waals surface area contributed by atoms with Crippen LogP contribution in [0.2, 0.25) is 0 Å². The summed E-state index contributed by atoms with van der Waals surface area (Å²) < 4.78 is 1.58. The summed E-state index contributed by atoms with van der Waals surface area (Å²) in [6.07, 6.45) is 0. The summed E-state index contributed by atoms with van der Waals surface area (Å²) in [6.45, 7) is 0. The van der Waals surface area contributed by atoms with Crippen LogP contribution in [0.5, 0.6) is 0 Å². The first-order valence-electron chi connectivity index (χ1n) is 9.93. The lowest BCUT2D eigenvalue weighted by Crippen LogP contribution is -2.22. The quantitative estimate of drug-likeness (QED) is 0.342. The van der Waals surface area contributed by atoms with Crippen molar-refractivity contribution in [2.45, 2.75) is 10.9 Å². The number of fused-ring (bicyclic) bond motifs is 1. The molecule has 4 rings (SSSR count). The zero-order chi connectivity index (χ0) is 22.7. The minimum absolute atomic E-state index is 0.0462. The number of amides is 1. The van der Waals surface area contributed by atoms with Crippen molar-refractivity contribution < 1.29 is 4.79 Å². The Hall–Kier alpha value is -3.89. The van der Waals surface area contributed by atoms with Crippen LogP contribution in [0.3, 0.4) is 0 Å². The van der Waals surface area contributed by atoms with Gasteiger partial charge in [-0.05, 0) is 54.1 Å². The number of carbonyl (C=O) groups excluding carboxylic acids is 1. The van der Waals surface area contributed by atoms with Gasteiger partial charge < -0.3 is 4.90 Å². The Morgan fingerprint density at radius 2 is 1.72 bits per heavy atom. The second kappa shape index (κ2) is 9.08. The van der Waals surface area contributed by atoms with Gasteiger partial charge in [-0.25, -0.2) is 4.98 Å². The summed E-state index contributed by atoms with van der Waals surface area (Å²) in [6, 6.07) is 23.7. The van der Waals surface area contributed by atoms with E-state index >= 15 is 0 Å². The minimum Gasteiger partial charge on any atom is -0.345 e. The largest absolute Gasteiger partial charge is 0.345 e. The van der Waals surface area contributed by atoms with Gasteiger partial charge in [0.25, 0.3) is 11.5 Å². The van der Waals surface area contributed by atoms with E-state index in [0.717, 1.165) is 5.56 Å². The highest BCUT2D eigenvalue weighted by Gasteiger charge is 2.14. The van der Waals surface area contributed by atoms with Crippen LogP contribution < -0.4 is 5.56 Å². The van der Waals surface area contributed by atoms with Gasteiger partial charge in [0.15, 0.2) is 5.16 Å². The van der Waals surface area contributed by atoms with Gasteiger partial charge in [0.2, 0.25) is 0 Å². The molecule has 32 heavy (non-hydrogen) atoms. The van der Waals surface area contributed by atoms with Gasteiger partial charge in [-0.1, -0.05) is 36.0 Å². The van der Waals surface area contributed by atoms with Gasteiger partial charge in [0.1, 0.15) is 0 Å². The molecule has 0 saturated heterocycles. The topological polar surface area (TPSA) is 79.0 Å². The average molecular weight is 441 g/mol. The summed E-state index contributed by atoms with van der Waals surface area (Å²) in [4.78, 5) is 31.7. The van der Waals surface area contributed by atoms with E-state index < -0.39 is 0 Å². The van der Waals surface area contributed by atoms with Crippen molar-refractivity contribution >= 4 is 28.6 Å². The third-order valence-corrected chi connectivity index (χ3v) is 5.98. The van der Waals surface area contributed by atoms with E-state index in [0.29, 0.717) is 38.6 Å². The fourth-order valence-corrected chi connectivity index (χ4v) is 4.24. The predicted molar refractivity (Wildman–Crippen MR) is 126 cm³/mol. The number of hydrogen-bond acceptors (Lipinski definition) is 5. The molecule has 0 N–H and O–H groups in total. The molecule has 0 radical (unpaired) electrons. The van der Waals surface area contributed by atoms with E-state index in [1.54, 1.807) is 66.0 Å². The van der Waals surface area contributed by atoms with Gasteiger partial charge in [-0.2, -0.15) is 5.26 Å². The maximum absolute atomic E-state index is 13.3. The smallest absolute Gasteiger partial charge is 0.266 e. The summed E-state index contributed by atoms with van der Waals surface area (Å²) in [5.74, 6) is 0.535. The number of rotatable bonds is 5. The molecule has 1 heterocycles. The van der Waals surface area contributed by atoms with Crippen molar-refractivity contribution in [2.24, 2.45) is 0 Å².